The standard InChI is InChI=1S/C16H25N3O3/c1-4-8-22-13-7-5-6-12(9-13)10-18-16(21)19-14(11(2)3)15(17)20/h5-7,9,11,14H,4,8,10H2,1-3H3,(H2,17,20)(H2,18,19,21)/t14-/m0/s1. The van der Waals surface area contributed by atoms with Crippen molar-refractivity contribution in [2.75, 3.05) is 6.61 Å². The number of hydrogen-bond acceptors (Lipinski definition) is 3. The van der Waals surface area contributed by atoms with Gasteiger partial charge in [0.2, 0.25) is 5.91 Å². The Morgan fingerprint density at radius 1 is 1.32 bits per heavy atom. The summed E-state index contributed by atoms with van der Waals surface area (Å²) in [5, 5.41) is 5.29. The van der Waals surface area contributed by atoms with E-state index in [1.807, 2.05) is 45.0 Å². The van der Waals surface area contributed by atoms with Crippen LogP contribution in [0.5, 0.6) is 5.75 Å². The van der Waals surface area contributed by atoms with Gasteiger partial charge in [0.1, 0.15) is 11.8 Å². The summed E-state index contributed by atoms with van der Waals surface area (Å²) in [6.45, 7) is 6.69. The van der Waals surface area contributed by atoms with E-state index in [0.717, 1.165) is 17.7 Å². The first-order valence-corrected chi connectivity index (χ1v) is 7.49. The number of rotatable bonds is 8. The molecule has 0 heterocycles. The molecule has 0 aliphatic carbocycles. The fourth-order valence-electron chi connectivity index (χ4n) is 1.91. The molecule has 0 saturated carbocycles. The first kappa shape index (κ1) is 17.8. The molecule has 0 bridgehead atoms. The third-order valence-corrected chi connectivity index (χ3v) is 3.08. The van der Waals surface area contributed by atoms with Crippen LogP contribution in [0, 0.1) is 5.92 Å². The van der Waals surface area contributed by atoms with Crippen molar-refractivity contribution in [3.8, 4) is 5.75 Å². The summed E-state index contributed by atoms with van der Waals surface area (Å²) in [4.78, 5) is 23.1. The molecule has 0 radical (unpaired) electrons. The average Bonchev–Trinajstić information content (AvgIpc) is 2.48. The lowest BCUT2D eigenvalue weighted by atomic mass is 10.0. The second-order valence-electron chi connectivity index (χ2n) is 5.45. The zero-order chi connectivity index (χ0) is 16.5. The van der Waals surface area contributed by atoms with Gasteiger partial charge in [-0.1, -0.05) is 32.9 Å². The van der Waals surface area contributed by atoms with Gasteiger partial charge in [-0.2, -0.15) is 0 Å². The number of amides is 3. The van der Waals surface area contributed by atoms with E-state index in [1.165, 1.54) is 0 Å². The highest BCUT2D eigenvalue weighted by atomic mass is 16.5. The molecule has 22 heavy (non-hydrogen) atoms. The molecule has 0 aromatic heterocycles. The fourth-order valence-corrected chi connectivity index (χ4v) is 1.91. The van der Waals surface area contributed by atoms with Crippen LogP contribution < -0.4 is 21.1 Å². The summed E-state index contributed by atoms with van der Waals surface area (Å²) in [6, 6.07) is 6.43. The molecular formula is C16H25N3O3. The van der Waals surface area contributed by atoms with E-state index >= 15 is 0 Å². The zero-order valence-electron chi connectivity index (χ0n) is 13.4. The molecule has 0 saturated heterocycles. The summed E-state index contributed by atoms with van der Waals surface area (Å²) in [5.74, 6) is 0.174. The lowest BCUT2D eigenvalue weighted by Crippen LogP contribution is -2.50. The minimum Gasteiger partial charge on any atom is -0.494 e. The Balaban J connectivity index is 2.51. The summed E-state index contributed by atoms with van der Waals surface area (Å²) in [6.07, 6.45) is 0.939. The van der Waals surface area contributed by atoms with Gasteiger partial charge in [-0.15, -0.1) is 0 Å². The van der Waals surface area contributed by atoms with Crippen LogP contribution in [-0.4, -0.2) is 24.6 Å². The number of primary amides is 1. The van der Waals surface area contributed by atoms with E-state index in [0.29, 0.717) is 13.2 Å². The Kier molecular flexibility index (Phi) is 7.22. The molecule has 0 aliphatic rings. The largest absolute Gasteiger partial charge is 0.494 e. The Hall–Kier alpha value is -2.24. The van der Waals surface area contributed by atoms with Crippen LogP contribution in [0.3, 0.4) is 0 Å². The van der Waals surface area contributed by atoms with Gasteiger partial charge < -0.3 is 21.1 Å². The highest BCUT2D eigenvalue weighted by Gasteiger charge is 2.21. The number of hydrogen-bond donors (Lipinski definition) is 3. The van der Waals surface area contributed by atoms with E-state index in [2.05, 4.69) is 10.6 Å². The summed E-state index contributed by atoms with van der Waals surface area (Å²) < 4.78 is 5.54. The maximum absolute atomic E-state index is 11.8. The van der Waals surface area contributed by atoms with Crippen molar-refractivity contribution >= 4 is 11.9 Å². The maximum atomic E-state index is 11.8. The molecule has 0 unspecified atom stereocenters. The van der Waals surface area contributed by atoms with Crippen molar-refractivity contribution in [3.05, 3.63) is 29.8 Å². The average molecular weight is 307 g/mol. The Labute approximate surface area is 131 Å². The van der Waals surface area contributed by atoms with Gasteiger partial charge in [0.05, 0.1) is 6.61 Å². The normalized spacial score (nSPS) is 11.8. The van der Waals surface area contributed by atoms with Crippen LogP contribution >= 0.6 is 0 Å². The summed E-state index contributed by atoms with van der Waals surface area (Å²) >= 11 is 0. The van der Waals surface area contributed by atoms with Gasteiger partial charge >= 0.3 is 6.03 Å². The van der Waals surface area contributed by atoms with Crippen LogP contribution in [0.15, 0.2) is 24.3 Å². The topological polar surface area (TPSA) is 93.4 Å². The van der Waals surface area contributed by atoms with Crippen LogP contribution in [0.2, 0.25) is 0 Å². The highest BCUT2D eigenvalue weighted by Crippen LogP contribution is 2.13. The van der Waals surface area contributed by atoms with Gasteiger partial charge in [-0.25, -0.2) is 4.79 Å². The monoisotopic (exact) mass is 307 g/mol. The minimum absolute atomic E-state index is 0.0611. The number of benzene rings is 1. The SMILES string of the molecule is CCCOc1cccc(CNC(=O)N[C@H](C(N)=O)C(C)C)c1. The number of carbonyl (C=O) groups excluding carboxylic acids is 2. The number of nitrogens with two attached hydrogens (primary N) is 1. The van der Waals surface area contributed by atoms with Crippen molar-refractivity contribution in [2.24, 2.45) is 11.7 Å². The summed E-state index contributed by atoms with van der Waals surface area (Å²) in [5.41, 5.74) is 6.18. The molecular weight excluding hydrogens is 282 g/mol. The molecule has 3 amide bonds. The molecule has 1 aromatic rings. The first-order chi connectivity index (χ1) is 10.4. The van der Waals surface area contributed by atoms with Crippen LogP contribution in [0.1, 0.15) is 32.8 Å². The maximum Gasteiger partial charge on any atom is 0.315 e. The third kappa shape index (κ3) is 6.03. The van der Waals surface area contributed by atoms with Crippen molar-refractivity contribution < 1.29 is 14.3 Å². The van der Waals surface area contributed by atoms with Gasteiger partial charge in [0.25, 0.3) is 0 Å². The molecule has 1 rings (SSSR count). The fraction of sp³-hybridized carbons (Fsp3) is 0.500. The van der Waals surface area contributed by atoms with Gasteiger partial charge in [-0.3, -0.25) is 4.79 Å². The van der Waals surface area contributed by atoms with E-state index in [-0.39, 0.29) is 5.92 Å². The van der Waals surface area contributed by atoms with Crippen LogP contribution in [0.4, 0.5) is 4.79 Å². The molecule has 6 nitrogen and oxygen atoms in total. The second kappa shape index (κ2) is 8.92. The number of ether oxygens (including phenoxy) is 1. The van der Waals surface area contributed by atoms with Gasteiger partial charge in [0.15, 0.2) is 0 Å². The van der Waals surface area contributed by atoms with Crippen LogP contribution in [0.25, 0.3) is 0 Å². The zero-order valence-corrected chi connectivity index (χ0v) is 13.4. The number of urea groups is 1. The number of carbonyl (C=O) groups is 2. The smallest absolute Gasteiger partial charge is 0.315 e. The molecule has 0 spiro atoms. The Morgan fingerprint density at radius 3 is 2.64 bits per heavy atom. The third-order valence-electron chi connectivity index (χ3n) is 3.08. The quantitative estimate of drug-likeness (QED) is 0.683. The molecule has 0 fully saturated rings. The lowest BCUT2D eigenvalue weighted by molar-refractivity contribution is -0.120. The van der Waals surface area contributed by atoms with E-state index < -0.39 is 18.0 Å². The molecule has 122 valence electrons. The van der Waals surface area contributed by atoms with Crippen molar-refractivity contribution in [1.82, 2.24) is 10.6 Å². The lowest BCUT2D eigenvalue weighted by Gasteiger charge is -2.19. The van der Waals surface area contributed by atoms with Crippen LogP contribution in [-0.2, 0) is 11.3 Å². The van der Waals surface area contributed by atoms with Gasteiger partial charge in [0, 0.05) is 6.54 Å². The molecule has 4 N–H and O–H groups in total. The second-order valence-corrected chi connectivity index (χ2v) is 5.45. The van der Waals surface area contributed by atoms with E-state index in [9.17, 15) is 9.59 Å². The minimum atomic E-state index is -0.681. The predicted molar refractivity (Wildman–Crippen MR) is 85.4 cm³/mol. The summed E-state index contributed by atoms with van der Waals surface area (Å²) in [7, 11) is 0. The number of nitrogens with one attached hydrogen (secondary N) is 2. The van der Waals surface area contributed by atoms with Gasteiger partial charge in [-0.05, 0) is 30.0 Å². The molecule has 0 aliphatic heterocycles. The van der Waals surface area contributed by atoms with Crippen molar-refractivity contribution in [2.45, 2.75) is 39.8 Å². The molecule has 1 atom stereocenters. The predicted octanol–water partition coefficient (Wildman–Crippen LogP) is 1.78. The molecule has 1 aromatic carbocycles. The highest BCUT2D eigenvalue weighted by molar-refractivity contribution is 5.86. The van der Waals surface area contributed by atoms with E-state index in [4.69, 9.17) is 10.5 Å². The molecule has 6 heteroatoms. The Bertz CT molecular complexity index is 503. The van der Waals surface area contributed by atoms with Crippen molar-refractivity contribution in [3.63, 3.8) is 0 Å². The van der Waals surface area contributed by atoms with Crippen molar-refractivity contribution in [1.29, 1.82) is 0 Å². The van der Waals surface area contributed by atoms with E-state index in [1.54, 1.807) is 0 Å². The Morgan fingerprint density at radius 2 is 2.05 bits per heavy atom. The first-order valence-electron chi connectivity index (χ1n) is 7.49.